The molecule has 1 aliphatic heterocycles. The van der Waals surface area contributed by atoms with Gasteiger partial charge in [-0.05, 0) is 45.1 Å². The molecular formula is C13H19N3O3S. The number of thiophene rings is 1. The molecule has 0 spiro atoms. The maximum absolute atomic E-state index is 12.4. The highest BCUT2D eigenvalue weighted by atomic mass is 32.1. The number of amides is 2. The molecule has 0 atom stereocenters. The second-order valence-corrected chi connectivity index (χ2v) is 6.14. The smallest absolute Gasteiger partial charge is 0.284 e. The van der Waals surface area contributed by atoms with E-state index in [1.165, 1.54) is 0 Å². The topological polar surface area (TPSA) is 72.9 Å². The number of carbonyl (C=O) groups is 2. The van der Waals surface area contributed by atoms with E-state index in [9.17, 15) is 9.59 Å². The first kappa shape index (κ1) is 15.0. The zero-order valence-electron chi connectivity index (χ0n) is 11.6. The molecule has 0 aromatic carbocycles. The molecule has 2 amide bonds. The normalized spacial score (nSPS) is 16.9. The summed E-state index contributed by atoms with van der Waals surface area (Å²) in [6.45, 7) is 1.98. The van der Waals surface area contributed by atoms with Gasteiger partial charge in [0, 0.05) is 13.1 Å². The predicted octanol–water partition coefficient (Wildman–Crippen LogP) is 1.03. The molecule has 2 N–H and O–H groups in total. The molecule has 110 valence electrons. The Kier molecular flexibility index (Phi) is 4.74. The molecule has 1 aromatic rings. The van der Waals surface area contributed by atoms with Crippen molar-refractivity contribution in [2.75, 3.05) is 27.2 Å². The molecule has 0 bridgehead atoms. The van der Waals surface area contributed by atoms with Crippen molar-refractivity contribution < 1.29 is 14.8 Å². The predicted molar refractivity (Wildman–Crippen MR) is 76.2 cm³/mol. The number of likely N-dealkylation sites (tertiary alicyclic amines) is 1. The summed E-state index contributed by atoms with van der Waals surface area (Å²) in [5, 5.41) is 8.58. The minimum Gasteiger partial charge on any atom is -0.338 e. The number of nitrogens with one attached hydrogen (secondary N) is 1. The van der Waals surface area contributed by atoms with Gasteiger partial charge in [-0.2, -0.15) is 0 Å². The molecule has 6 nitrogen and oxygen atoms in total. The van der Waals surface area contributed by atoms with E-state index in [2.05, 4.69) is 11.9 Å². The average Bonchev–Trinajstić information content (AvgIpc) is 2.95. The largest absolute Gasteiger partial charge is 0.338 e. The van der Waals surface area contributed by atoms with Crippen LogP contribution in [0, 0.1) is 0 Å². The van der Waals surface area contributed by atoms with Crippen LogP contribution in [0.1, 0.15) is 32.2 Å². The fraction of sp³-hybridized carbons (Fsp3) is 0.538. The number of hydroxylamine groups is 1. The standard InChI is InChI=1S/C13H19N3O3S/c1-15-7-5-9(6-8-15)16(2)13(18)11-4-3-10(20-11)12(17)14-19/h3-4,9,19H,5-8H2,1-2H3,(H,14,17). The Morgan fingerprint density at radius 1 is 1.35 bits per heavy atom. The van der Waals surface area contributed by atoms with Gasteiger partial charge in [-0.15, -0.1) is 11.3 Å². The van der Waals surface area contributed by atoms with Gasteiger partial charge in [0.2, 0.25) is 0 Å². The summed E-state index contributed by atoms with van der Waals surface area (Å²) in [7, 11) is 3.89. The van der Waals surface area contributed by atoms with Gasteiger partial charge in [0.1, 0.15) is 0 Å². The number of hydrogen-bond donors (Lipinski definition) is 2. The summed E-state index contributed by atoms with van der Waals surface area (Å²) in [5.41, 5.74) is 1.57. The van der Waals surface area contributed by atoms with E-state index in [0.717, 1.165) is 37.3 Å². The second-order valence-electron chi connectivity index (χ2n) is 5.06. The van der Waals surface area contributed by atoms with Crippen LogP contribution in [0.3, 0.4) is 0 Å². The van der Waals surface area contributed by atoms with Crippen molar-refractivity contribution >= 4 is 23.2 Å². The summed E-state index contributed by atoms with van der Waals surface area (Å²) < 4.78 is 0. The highest BCUT2D eigenvalue weighted by Crippen LogP contribution is 2.21. The van der Waals surface area contributed by atoms with Crippen molar-refractivity contribution in [3.05, 3.63) is 21.9 Å². The SMILES string of the molecule is CN1CCC(N(C)C(=O)c2ccc(C(=O)NO)s2)CC1. The number of rotatable bonds is 3. The third kappa shape index (κ3) is 3.17. The zero-order valence-corrected chi connectivity index (χ0v) is 12.4. The molecule has 0 radical (unpaired) electrons. The number of piperidine rings is 1. The van der Waals surface area contributed by atoms with E-state index < -0.39 is 5.91 Å². The monoisotopic (exact) mass is 297 g/mol. The van der Waals surface area contributed by atoms with E-state index in [1.807, 2.05) is 7.05 Å². The van der Waals surface area contributed by atoms with Crippen molar-refractivity contribution in [3.8, 4) is 0 Å². The second kappa shape index (κ2) is 6.34. The summed E-state index contributed by atoms with van der Waals surface area (Å²) in [6, 6.07) is 3.42. The minimum absolute atomic E-state index is 0.0680. The molecule has 2 rings (SSSR count). The van der Waals surface area contributed by atoms with Gasteiger partial charge >= 0.3 is 0 Å². The van der Waals surface area contributed by atoms with E-state index >= 15 is 0 Å². The summed E-state index contributed by atoms with van der Waals surface area (Å²) in [6.07, 6.45) is 1.93. The number of carbonyl (C=O) groups excluding carboxylic acids is 2. The lowest BCUT2D eigenvalue weighted by atomic mass is 10.0. The molecule has 20 heavy (non-hydrogen) atoms. The van der Waals surface area contributed by atoms with Gasteiger partial charge in [0.15, 0.2) is 0 Å². The highest BCUT2D eigenvalue weighted by molar-refractivity contribution is 7.15. The summed E-state index contributed by atoms with van der Waals surface area (Å²) in [4.78, 5) is 28.5. The Balaban J connectivity index is 2.03. The first-order valence-electron chi connectivity index (χ1n) is 6.53. The average molecular weight is 297 g/mol. The Morgan fingerprint density at radius 2 is 1.95 bits per heavy atom. The maximum Gasteiger partial charge on any atom is 0.284 e. The van der Waals surface area contributed by atoms with Crippen molar-refractivity contribution in [1.29, 1.82) is 0 Å². The molecule has 0 saturated carbocycles. The fourth-order valence-corrected chi connectivity index (χ4v) is 3.23. The lowest BCUT2D eigenvalue weighted by Crippen LogP contribution is -2.44. The molecule has 7 heteroatoms. The van der Waals surface area contributed by atoms with Crippen molar-refractivity contribution in [2.24, 2.45) is 0 Å². The molecule has 1 aliphatic rings. The zero-order chi connectivity index (χ0) is 14.7. The first-order valence-corrected chi connectivity index (χ1v) is 7.34. The Hall–Kier alpha value is -1.44. The maximum atomic E-state index is 12.4. The van der Waals surface area contributed by atoms with Crippen molar-refractivity contribution in [3.63, 3.8) is 0 Å². The van der Waals surface area contributed by atoms with Gasteiger partial charge in [0.05, 0.1) is 9.75 Å². The van der Waals surface area contributed by atoms with Crippen LogP contribution in [0.2, 0.25) is 0 Å². The van der Waals surface area contributed by atoms with E-state index in [4.69, 9.17) is 5.21 Å². The van der Waals surface area contributed by atoms with Gasteiger partial charge in [-0.1, -0.05) is 0 Å². The van der Waals surface area contributed by atoms with Gasteiger partial charge in [0.25, 0.3) is 11.8 Å². The molecule has 0 aliphatic carbocycles. The van der Waals surface area contributed by atoms with E-state index in [-0.39, 0.29) is 11.9 Å². The summed E-state index contributed by atoms with van der Waals surface area (Å²) >= 11 is 1.09. The lowest BCUT2D eigenvalue weighted by molar-refractivity contribution is 0.0664. The molecule has 1 saturated heterocycles. The number of hydrogen-bond acceptors (Lipinski definition) is 5. The minimum atomic E-state index is -0.587. The van der Waals surface area contributed by atoms with Gasteiger partial charge < -0.3 is 9.80 Å². The Labute approximate surface area is 121 Å². The lowest BCUT2D eigenvalue weighted by Gasteiger charge is -2.34. The van der Waals surface area contributed by atoms with Gasteiger partial charge in [-0.25, -0.2) is 5.48 Å². The van der Waals surface area contributed by atoms with Crippen molar-refractivity contribution in [1.82, 2.24) is 15.3 Å². The van der Waals surface area contributed by atoms with Crippen molar-refractivity contribution in [2.45, 2.75) is 18.9 Å². The first-order chi connectivity index (χ1) is 9.52. The molecule has 2 heterocycles. The van der Waals surface area contributed by atoms with Crippen LogP contribution in [0.15, 0.2) is 12.1 Å². The molecular weight excluding hydrogens is 278 g/mol. The van der Waals surface area contributed by atoms with E-state index in [1.54, 1.807) is 22.5 Å². The molecule has 0 unspecified atom stereocenters. The highest BCUT2D eigenvalue weighted by Gasteiger charge is 2.25. The van der Waals surface area contributed by atoms with Crippen LogP contribution in [0.4, 0.5) is 0 Å². The Bertz CT molecular complexity index is 495. The third-order valence-electron chi connectivity index (χ3n) is 3.70. The van der Waals surface area contributed by atoms with Crippen LogP contribution >= 0.6 is 11.3 Å². The number of nitrogens with zero attached hydrogens (tertiary/aromatic N) is 2. The van der Waals surface area contributed by atoms with Gasteiger partial charge in [-0.3, -0.25) is 14.8 Å². The van der Waals surface area contributed by atoms with Crippen LogP contribution in [0.25, 0.3) is 0 Å². The summed E-state index contributed by atoms with van der Waals surface area (Å²) in [5.74, 6) is -0.655. The third-order valence-corrected chi connectivity index (χ3v) is 4.77. The molecule has 1 aromatic heterocycles. The van der Waals surface area contributed by atoms with E-state index in [0.29, 0.717) is 9.75 Å². The fourth-order valence-electron chi connectivity index (χ4n) is 2.35. The Morgan fingerprint density at radius 3 is 2.55 bits per heavy atom. The molecule has 1 fully saturated rings. The van der Waals surface area contributed by atoms with Crippen LogP contribution in [-0.2, 0) is 0 Å². The quantitative estimate of drug-likeness (QED) is 0.646. The van der Waals surface area contributed by atoms with Crippen LogP contribution < -0.4 is 5.48 Å². The van der Waals surface area contributed by atoms with Crippen LogP contribution in [0.5, 0.6) is 0 Å². The van der Waals surface area contributed by atoms with Crippen LogP contribution in [-0.4, -0.2) is 60.0 Å².